The topological polar surface area (TPSA) is 47.4 Å². The molecule has 0 N–H and O–H groups in total. The van der Waals surface area contributed by atoms with E-state index >= 15 is 0 Å². The third kappa shape index (κ3) is 3.83. The van der Waals surface area contributed by atoms with Crippen molar-refractivity contribution >= 4 is 5.91 Å². The largest absolute Gasteiger partial charge is 0.490 e. The second-order valence-electron chi connectivity index (χ2n) is 6.85. The predicted molar refractivity (Wildman–Crippen MR) is 93.5 cm³/mol. The van der Waals surface area contributed by atoms with E-state index in [-0.39, 0.29) is 11.7 Å². The molecule has 1 aliphatic rings. The molecule has 0 saturated carbocycles. The number of benzene rings is 1. The molecule has 25 heavy (non-hydrogen) atoms. The first kappa shape index (κ1) is 17.5. The number of hydrogen-bond donors (Lipinski definition) is 0. The lowest BCUT2D eigenvalue weighted by Crippen LogP contribution is -2.42. The SMILES string of the molecule is CCOc1cn(-c2ccc(F)cc2)nc1C(=O)N1C[C@@H](C)C[C@H](C)C1. The van der Waals surface area contributed by atoms with Gasteiger partial charge in [0.25, 0.3) is 5.91 Å². The summed E-state index contributed by atoms with van der Waals surface area (Å²) in [5.41, 5.74) is 0.995. The fourth-order valence-electron chi connectivity index (χ4n) is 3.47. The lowest BCUT2D eigenvalue weighted by atomic mass is 9.92. The van der Waals surface area contributed by atoms with Gasteiger partial charge in [-0.05, 0) is 49.4 Å². The van der Waals surface area contributed by atoms with E-state index in [4.69, 9.17) is 4.74 Å². The molecule has 1 saturated heterocycles. The van der Waals surface area contributed by atoms with Crippen LogP contribution in [0.4, 0.5) is 4.39 Å². The summed E-state index contributed by atoms with van der Waals surface area (Å²) in [5, 5.41) is 4.43. The summed E-state index contributed by atoms with van der Waals surface area (Å²) in [4.78, 5) is 14.9. The number of likely N-dealkylation sites (tertiary alicyclic amines) is 1. The fraction of sp³-hybridized carbons (Fsp3) is 0.474. The van der Waals surface area contributed by atoms with E-state index in [2.05, 4.69) is 18.9 Å². The second-order valence-corrected chi connectivity index (χ2v) is 6.85. The summed E-state index contributed by atoms with van der Waals surface area (Å²) in [7, 11) is 0. The monoisotopic (exact) mass is 345 g/mol. The standard InChI is InChI=1S/C19H24FN3O2/c1-4-25-17-12-23(16-7-5-15(20)6-8-16)21-18(17)19(24)22-10-13(2)9-14(3)11-22/h5-8,12-14H,4,9-11H2,1-3H3/t13-,14-/m0/s1. The van der Waals surface area contributed by atoms with Crippen LogP contribution in [0, 0.1) is 17.7 Å². The maximum absolute atomic E-state index is 13.1. The van der Waals surface area contributed by atoms with Crippen molar-refractivity contribution in [3.05, 3.63) is 42.0 Å². The van der Waals surface area contributed by atoms with Crippen LogP contribution in [-0.2, 0) is 0 Å². The zero-order valence-electron chi connectivity index (χ0n) is 14.9. The van der Waals surface area contributed by atoms with Crippen LogP contribution in [0.2, 0.25) is 0 Å². The Morgan fingerprint density at radius 1 is 1.24 bits per heavy atom. The second kappa shape index (κ2) is 7.25. The van der Waals surface area contributed by atoms with Crippen LogP contribution in [0.5, 0.6) is 5.75 Å². The molecule has 6 heteroatoms. The Balaban J connectivity index is 1.91. The van der Waals surface area contributed by atoms with Crippen molar-refractivity contribution in [1.82, 2.24) is 14.7 Å². The van der Waals surface area contributed by atoms with Crippen molar-refractivity contribution in [3.63, 3.8) is 0 Å². The molecule has 1 aromatic carbocycles. The van der Waals surface area contributed by atoms with Gasteiger partial charge in [0.05, 0.1) is 18.5 Å². The van der Waals surface area contributed by atoms with Crippen LogP contribution in [0.25, 0.3) is 5.69 Å². The minimum Gasteiger partial charge on any atom is -0.490 e. The van der Waals surface area contributed by atoms with Crippen molar-refractivity contribution in [2.75, 3.05) is 19.7 Å². The van der Waals surface area contributed by atoms with Gasteiger partial charge in [-0.3, -0.25) is 4.79 Å². The van der Waals surface area contributed by atoms with Gasteiger partial charge in [0.1, 0.15) is 5.82 Å². The Kier molecular flexibility index (Phi) is 5.06. The summed E-state index contributed by atoms with van der Waals surface area (Å²) < 4.78 is 20.3. The average molecular weight is 345 g/mol. The summed E-state index contributed by atoms with van der Waals surface area (Å²) in [6.07, 6.45) is 2.81. The quantitative estimate of drug-likeness (QED) is 0.852. The highest BCUT2D eigenvalue weighted by atomic mass is 19.1. The number of aromatic nitrogens is 2. The zero-order chi connectivity index (χ0) is 18.0. The molecule has 5 nitrogen and oxygen atoms in total. The van der Waals surface area contributed by atoms with Crippen LogP contribution in [0.1, 0.15) is 37.7 Å². The molecule has 2 atom stereocenters. The molecule has 1 aliphatic heterocycles. The number of carbonyl (C=O) groups excluding carboxylic acids is 1. The average Bonchev–Trinajstić information content (AvgIpc) is 2.98. The van der Waals surface area contributed by atoms with E-state index in [1.165, 1.54) is 12.1 Å². The van der Waals surface area contributed by atoms with Crippen LogP contribution in [-0.4, -0.2) is 40.3 Å². The van der Waals surface area contributed by atoms with Crippen molar-refractivity contribution in [2.24, 2.45) is 11.8 Å². The number of nitrogens with zero attached hydrogens (tertiary/aromatic N) is 3. The van der Waals surface area contributed by atoms with E-state index in [1.807, 2.05) is 11.8 Å². The highest BCUT2D eigenvalue weighted by Gasteiger charge is 2.30. The summed E-state index contributed by atoms with van der Waals surface area (Å²) in [5.74, 6) is 0.990. The molecular weight excluding hydrogens is 321 g/mol. The molecule has 3 rings (SSSR count). The molecule has 1 amide bonds. The van der Waals surface area contributed by atoms with E-state index in [0.717, 1.165) is 19.5 Å². The predicted octanol–water partition coefficient (Wildman–Crippen LogP) is 3.53. The minimum absolute atomic E-state index is 0.109. The third-order valence-corrected chi connectivity index (χ3v) is 4.43. The number of hydrogen-bond acceptors (Lipinski definition) is 3. The van der Waals surface area contributed by atoms with Gasteiger partial charge in [-0.25, -0.2) is 9.07 Å². The highest BCUT2D eigenvalue weighted by molar-refractivity contribution is 5.95. The molecule has 0 bridgehead atoms. The fourth-order valence-corrected chi connectivity index (χ4v) is 3.47. The Labute approximate surface area is 147 Å². The van der Waals surface area contributed by atoms with Gasteiger partial charge in [0.2, 0.25) is 0 Å². The van der Waals surface area contributed by atoms with Gasteiger partial charge in [-0.2, -0.15) is 5.10 Å². The van der Waals surface area contributed by atoms with Crippen molar-refractivity contribution in [2.45, 2.75) is 27.2 Å². The number of halogens is 1. The molecule has 0 aliphatic carbocycles. The molecular formula is C19H24FN3O2. The summed E-state index contributed by atoms with van der Waals surface area (Å²) >= 11 is 0. The van der Waals surface area contributed by atoms with Crippen LogP contribution < -0.4 is 4.74 Å². The van der Waals surface area contributed by atoms with Gasteiger partial charge >= 0.3 is 0 Å². The highest BCUT2D eigenvalue weighted by Crippen LogP contribution is 2.26. The first-order valence-electron chi connectivity index (χ1n) is 8.75. The van der Waals surface area contributed by atoms with E-state index in [9.17, 15) is 9.18 Å². The Bertz CT molecular complexity index is 732. The maximum Gasteiger partial charge on any atom is 0.278 e. The first-order valence-corrected chi connectivity index (χ1v) is 8.75. The number of piperidine rings is 1. The van der Waals surface area contributed by atoms with Crippen LogP contribution in [0.3, 0.4) is 0 Å². The lowest BCUT2D eigenvalue weighted by Gasteiger charge is -2.34. The zero-order valence-corrected chi connectivity index (χ0v) is 14.9. The summed E-state index contributed by atoms with van der Waals surface area (Å²) in [6, 6.07) is 5.98. The number of rotatable bonds is 4. The van der Waals surface area contributed by atoms with Gasteiger partial charge in [-0.15, -0.1) is 0 Å². The van der Waals surface area contributed by atoms with Gasteiger partial charge in [0, 0.05) is 13.1 Å². The number of ether oxygens (including phenoxy) is 1. The van der Waals surface area contributed by atoms with Crippen molar-refractivity contribution in [3.8, 4) is 11.4 Å². The van der Waals surface area contributed by atoms with Crippen LogP contribution >= 0.6 is 0 Å². The Morgan fingerprint density at radius 2 is 1.88 bits per heavy atom. The molecule has 2 aromatic rings. The van der Waals surface area contributed by atoms with Crippen molar-refractivity contribution in [1.29, 1.82) is 0 Å². The molecule has 0 unspecified atom stereocenters. The lowest BCUT2D eigenvalue weighted by molar-refractivity contribution is 0.0612. The molecule has 0 spiro atoms. The van der Waals surface area contributed by atoms with Gasteiger partial charge in [0.15, 0.2) is 11.4 Å². The molecule has 0 radical (unpaired) electrons. The molecule has 134 valence electrons. The van der Waals surface area contributed by atoms with E-state index in [0.29, 0.717) is 35.6 Å². The van der Waals surface area contributed by atoms with E-state index < -0.39 is 0 Å². The number of carbonyl (C=O) groups is 1. The molecule has 2 heterocycles. The first-order chi connectivity index (χ1) is 12.0. The van der Waals surface area contributed by atoms with Gasteiger partial charge < -0.3 is 9.64 Å². The molecule has 1 aromatic heterocycles. The Morgan fingerprint density at radius 3 is 2.48 bits per heavy atom. The normalized spacial score (nSPS) is 20.6. The van der Waals surface area contributed by atoms with E-state index in [1.54, 1.807) is 23.0 Å². The smallest absolute Gasteiger partial charge is 0.278 e. The summed E-state index contributed by atoms with van der Waals surface area (Å²) in [6.45, 7) is 8.11. The van der Waals surface area contributed by atoms with Gasteiger partial charge in [-0.1, -0.05) is 13.8 Å². The van der Waals surface area contributed by atoms with Crippen molar-refractivity contribution < 1.29 is 13.9 Å². The molecule has 1 fully saturated rings. The Hall–Kier alpha value is -2.37. The third-order valence-electron chi connectivity index (χ3n) is 4.43. The maximum atomic E-state index is 13.1. The van der Waals surface area contributed by atoms with Crippen LogP contribution in [0.15, 0.2) is 30.5 Å². The minimum atomic E-state index is -0.312. The number of amides is 1.